The number of nitrogens with zero attached hydrogens (tertiary/aromatic N) is 1. The molecule has 2 aliphatic rings. The molecule has 3 N–H and O–H groups in total. The van der Waals surface area contributed by atoms with Gasteiger partial charge in [-0.15, -0.1) is 11.3 Å². The van der Waals surface area contributed by atoms with Crippen molar-refractivity contribution in [3.8, 4) is 0 Å². The number of hydrogen-bond acceptors (Lipinski definition) is 6. The SMILES string of the molecule is CC(C)(O)c1cnc(S(=O)(=O)NC(=O)Nc2c3c(c(F)c4c2CCC4)CCC3)s1. The van der Waals surface area contributed by atoms with Gasteiger partial charge in [0.25, 0.3) is 10.0 Å². The Morgan fingerprint density at radius 3 is 2.21 bits per heavy atom. The molecular weight excluding hydrogens is 417 g/mol. The molecule has 156 valence electrons. The first-order valence-electron chi connectivity index (χ1n) is 9.45. The van der Waals surface area contributed by atoms with Crippen molar-refractivity contribution in [3.05, 3.63) is 39.1 Å². The lowest BCUT2D eigenvalue weighted by molar-refractivity contribution is 0.0823. The fraction of sp³-hybridized carbons (Fsp3) is 0.474. The van der Waals surface area contributed by atoms with Crippen molar-refractivity contribution in [1.29, 1.82) is 0 Å². The Bertz CT molecular complexity index is 1070. The van der Waals surface area contributed by atoms with Crippen LogP contribution in [0.1, 0.15) is 53.8 Å². The fourth-order valence-electron chi connectivity index (χ4n) is 4.01. The highest BCUT2D eigenvalue weighted by Crippen LogP contribution is 2.41. The minimum Gasteiger partial charge on any atom is -0.385 e. The zero-order valence-corrected chi connectivity index (χ0v) is 17.8. The van der Waals surface area contributed by atoms with Crippen LogP contribution in [0.4, 0.5) is 14.9 Å². The van der Waals surface area contributed by atoms with Crippen molar-refractivity contribution in [2.45, 2.75) is 62.3 Å². The molecule has 0 saturated heterocycles. The average molecular weight is 440 g/mol. The van der Waals surface area contributed by atoms with Crippen LogP contribution in [0.2, 0.25) is 0 Å². The Hall–Kier alpha value is -2.04. The summed E-state index contributed by atoms with van der Waals surface area (Å²) in [6, 6.07) is -0.903. The summed E-state index contributed by atoms with van der Waals surface area (Å²) in [5.74, 6) is -0.162. The number of aliphatic hydroxyl groups is 1. The summed E-state index contributed by atoms with van der Waals surface area (Å²) in [6.45, 7) is 3.04. The third-order valence-electron chi connectivity index (χ3n) is 5.35. The predicted octanol–water partition coefficient (Wildman–Crippen LogP) is 3.00. The average Bonchev–Trinajstić information content (AvgIpc) is 3.37. The third-order valence-corrected chi connectivity index (χ3v) is 8.38. The van der Waals surface area contributed by atoms with Gasteiger partial charge in [0.1, 0.15) is 5.82 Å². The van der Waals surface area contributed by atoms with E-state index in [2.05, 4.69) is 10.3 Å². The predicted molar refractivity (Wildman–Crippen MR) is 107 cm³/mol. The van der Waals surface area contributed by atoms with E-state index in [-0.39, 0.29) is 10.2 Å². The van der Waals surface area contributed by atoms with Gasteiger partial charge in [-0.2, -0.15) is 8.42 Å². The first-order chi connectivity index (χ1) is 13.6. The van der Waals surface area contributed by atoms with Crippen LogP contribution < -0.4 is 10.0 Å². The minimum absolute atomic E-state index is 0.162. The Labute approximate surface area is 172 Å². The number of urea groups is 1. The van der Waals surface area contributed by atoms with Crippen molar-refractivity contribution >= 4 is 33.1 Å². The van der Waals surface area contributed by atoms with Crippen molar-refractivity contribution < 1.29 is 22.7 Å². The van der Waals surface area contributed by atoms with E-state index in [9.17, 15) is 22.7 Å². The summed E-state index contributed by atoms with van der Waals surface area (Å²) >= 11 is 0.796. The highest BCUT2D eigenvalue weighted by Gasteiger charge is 2.31. The Morgan fingerprint density at radius 1 is 1.14 bits per heavy atom. The Kier molecular flexibility index (Phi) is 4.91. The van der Waals surface area contributed by atoms with Gasteiger partial charge in [-0.1, -0.05) is 0 Å². The normalized spacial score (nSPS) is 15.9. The van der Waals surface area contributed by atoms with Crippen molar-refractivity contribution in [3.63, 3.8) is 0 Å². The molecule has 0 atom stereocenters. The molecule has 0 fully saturated rings. The quantitative estimate of drug-likeness (QED) is 0.679. The smallest absolute Gasteiger partial charge is 0.333 e. The molecule has 4 rings (SSSR count). The fourth-order valence-corrected chi connectivity index (χ4v) is 6.06. The number of aromatic nitrogens is 1. The van der Waals surface area contributed by atoms with E-state index in [1.165, 1.54) is 20.0 Å². The summed E-state index contributed by atoms with van der Waals surface area (Å²) in [5, 5.41) is 12.7. The van der Waals surface area contributed by atoms with Gasteiger partial charge in [-0.3, -0.25) is 0 Å². The molecule has 10 heteroatoms. The monoisotopic (exact) mass is 439 g/mol. The van der Waals surface area contributed by atoms with E-state index in [4.69, 9.17) is 0 Å². The lowest BCUT2D eigenvalue weighted by Crippen LogP contribution is -2.35. The van der Waals surface area contributed by atoms with Gasteiger partial charge in [-0.05, 0) is 74.6 Å². The van der Waals surface area contributed by atoms with E-state index in [1.54, 1.807) is 0 Å². The van der Waals surface area contributed by atoms with E-state index >= 15 is 0 Å². The Balaban J connectivity index is 1.59. The number of fused-ring (bicyclic) bond motifs is 2. The van der Waals surface area contributed by atoms with Crippen LogP contribution in [0.5, 0.6) is 0 Å². The van der Waals surface area contributed by atoms with Gasteiger partial charge < -0.3 is 10.4 Å². The van der Waals surface area contributed by atoms with E-state index in [1.807, 2.05) is 4.72 Å². The highest BCUT2D eigenvalue weighted by molar-refractivity contribution is 7.92. The lowest BCUT2D eigenvalue weighted by Gasteiger charge is -2.17. The molecule has 2 aromatic rings. The van der Waals surface area contributed by atoms with Crippen LogP contribution in [0.15, 0.2) is 10.5 Å². The minimum atomic E-state index is -4.20. The second-order valence-electron chi connectivity index (χ2n) is 7.92. The molecule has 0 aliphatic heterocycles. The summed E-state index contributed by atoms with van der Waals surface area (Å²) in [7, 11) is -4.20. The van der Waals surface area contributed by atoms with Gasteiger partial charge in [0.2, 0.25) is 4.34 Å². The molecule has 0 unspecified atom stereocenters. The molecular formula is C19H22FN3O4S2. The third kappa shape index (κ3) is 3.64. The summed E-state index contributed by atoms with van der Waals surface area (Å²) in [4.78, 5) is 16.7. The number of nitrogens with one attached hydrogen (secondary N) is 2. The molecule has 7 nitrogen and oxygen atoms in total. The number of hydrogen-bond donors (Lipinski definition) is 3. The number of thiazole rings is 1. The van der Waals surface area contributed by atoms with Crippen LogP contribution in [0.25, 0.3) is 0 Å². The second kappa shape index (κ2) is 7.03. The van der Waals surface area contributed by atoms with Crippen LogP contribution in [0.3, 0.4) is 0 Å². The first-order valence-corrected chi connectivity index (χ1v) is 11.8. The van der Waals surface area contributed by atoms with Crippen molar-refractivity contribution in [2.24, 2.45) is 0 Å². The van der Waals surface area contributed by atoms with Crippen LogP contribution in [0, 0.1) is 5.82 Å². The molecule has 0 radical (unpaired) electrons. The Morgan fingerprint density at radius 2 is 1.69 bits per heavy atom. The molecule has 2 aliphatic carbocycles. The standard InChI is InChI=1S/C19H22FN3O4S2/c1-19(2,25)14-9-21-18(28-14)29(26,27)23-17(24)22-16-12-7-3-5-10(12)15(20)11-6-4-8-13(11)16/h9,25H,3-8H2,1-2H3,(H2,22,23,24). The molecule has 1 aromatic heterocycles. The molecule has 1 heterocycles. The number of carbonyl (C=O) groups excluding carboxylic acids is 1. The topological polar surface area (TPSA) is 108 Å². The molecule has 0 spiro atoms. The van der Waals surface area contributed by atoms with Crippen molar-refractivity contribution in [1.82, 2.24) is 9.71 Å². The first kappa shape index (κ1) is 20.2. The zero-order valence-electron chi connectivity index (χ0n) is 16.1. The van der Waals surface area contributed by atoms with Crippen LogP contribution in [-0.2, 0) is 41.3 Å². The van der Waals surface area contributed by atoms with Crippen LogP contribution in [-0.4, -0.2) is 24.5 Å². The van der Waals surface area contributed by atoms with E-state index in [0.717, 1.165) is 35.3 Å². The van der Waals surface area contributed by atoms with Gasteiger partial charge >= 0.3 is 6.03 Å². The maximum absolute atomic E-state index is 14.7. The second-order valence-corrected chi connectivity index (χ2v) is 10.8. The zero-order chi connectivity index (χ0) is 21.0. The molecule has 1 aromatic carbocycles. The molecule has 0 saturated carbocycles. The maximum atomic E-state index is 14.7. The van der Waals surface area contributed by atoms with Gasteiger partial charge in [0.05, 0.1) is 10.5 Å². The van der Waals surface area contributed by atoms with E-state index in [0.29, 0.717) is 47.4 Å². The number of amides is 2. The molecule has 0 bridgehead atoms. The molecule has 29 heavy (non-hydrogen) atoms. The van der Waals surface area contributed by atoms with Gasteiger partial charge in [-0.25, -0.2) is 18.9 Å². The lowest BCUT2D eigenvalue weighted by atomic mass is 9.98. The van der Waals surface area contributed by atoms with Gasteiger partial charge in [0.15, 0.2) is 0 Å². The number of sulfonamides is 1. The summed E-state index contributed by atoms with van der Waals surface area (Å²) in [5.41, 5.74) is 2.14. The summed E-state index contributed by atoms with van der Waals surface area (Å²) in [6.07, 6.45) is 5.46. The largest absolute Gasteiger partial charge is 0.385 e. The van der Waals surface area contributed by atoms with Gasteiger partial charge in [0, 0.05) is 11.9 Å². The molecule has 2 amide bonds. The number of rotatable bonds is 4. The highest BCUT2D eigenvalue weighted by atomic mass is 32.2. The number of halogens is 1. The van der Waals surface area contributed by atoms with Crippen LogP contribution >= 0.6 is 11.3 Å². The number of carbonyl (C=O) groups is 1. The van der Waals surface area contributed by atoms with E-state index < -0.39 is 21.7 Å². The van der Waals surface area contributed by atoms with Crippen molar-refractivity contribution in [2.75, 3.05) is 5.32 Å². The maximum Gasteiger partial charge on any atom is 0.333 e. The summed E-state index contributed by atoms with van der Waals surface area (Å²) < 4.78 is 41.5. The number of benzene rings is 1. The number of anilines is 1.